The Bertz CT molecular complexity index is 340. The number of hydrogen-bond donors (Lipinski definition) is 1. The van der Waals surface area contributed by atoms with Crippen LogP contribution < -0.4 is 15.0 Å². The summed E-state index contributed by atoms with van der Waals surface area (Å²) in [5.41, 5.74) is 1.08. The number of pyridine rings is 1. The van der Waals surface area contributed by atoms with E-state index in [4.69, 9.17) is 4.74 Å². The van der Waals surface area contributed by atoms with Crippen LogP contribution in [0.15, 0.2) is 12.1 Å². The van der Waals surface area contributed by atoms with E-state index in [1.165, 1.54) is 0 Å². The quantitative estimate of drug-likeness (QED) is 0.730. The molecule has 0 saturated carbocycles. The van der Waals surface area contributed by atoms with Gasteiger partial charge in [0.25, 0.3) is 0 Å². The monoisotopic (exact) mass is 193 g/mol. The van der Waals surface area contributed by atoms with E-state index in [1.54, 1.807) is 7.11 Å². The summed E-state index contributed by atoms with van der Waals surface area (Å²) in [5, 5.41) is 3.33. The Morgan fingerprint density at radius 2 is 2.36 bits per heavy atom. The van der Waals surface area contributed by atoms with Gasteiger partial charge < -0.3 is 15.0 Å². The van der Waals surface area contributed by atoms with Crippen LogP contribution in [0.4, 0.5) is 11.5 Å². The van der Waals surface area contributed by atoms with Crippen molar-refractivity contribution in [1.29, 1.82) is 0 Å². The number of nitrogens with one attached hydrogen (secondary N) is 1. The Balaban J connectivity index is 2.41. The van der Waals surface area contributed by atoms with Gasteiger partial charge in [-0.15, -0.1) is 0 Å². The molecule has 1 N–H and O–H groups in total. The highest BCUT2D eigenvalue weighted by molar-refractivity contribution is 5.68. The van der Waals surface area contributed by atoms with Crippen molar-refractivity contribution in [2.75, 3.05) is 30.9 Å². The third kappa shape index (κ3) is 1.36. The molecule has 76 valence electrons. The molecule has 1 aromatic heterocycles. The van der Waals surface area contributed by atoms with E-state index in [9.17, 15) is 0 Å². The fourth-order valence-electron chi connectivity index (χ4n) is 1.55. The molecule has 14 heavy (non-hydrogen) atoms. The van der Waals surface area contributed by atoms with Crippen molar-refractivity contribution in [3.8, 4) is 5.88 Å². The maximum atomic E-state index is 5.10. The van der Waals surface area contributed by atoms with Gasteiger partial charge in [-0.3, -0.25) is 0 Å². The fraction of sp³-hybridized carbons (Fsp3) is 0.500. The second-order valence-electron chi connectivity index (χ2n) is 3.57. The summed E-state index contributed by atoms with van der Waals surface area (Å²) < 4.78 is 5.10. The largest absolute Gasteiger partial charge is 0.481 e. The van der Waals surface area contributed by atoms with Crippen LogP contribution in [0.5, 0.6) is 5.88 Å². The van der Waals surface area contributed by atoms with Crippen LogP contribution in [0, 0.1) is 0 Å². The summed E-state index contributed by atoms with van der Waals surface area (Å²) >= 11 is 0. The molecular weight excluding hydrogens is 178 g/mol. The second kappa shape index (κ2) is 3.36. The minimum atomic E-state index is 0.460. The topological polar surface area (TPSA) is 37.4 Å². The summed E-state index contributed by atoms with van der Waals surface area (Å²) in [6.45, 7) is 3.12. The zero-order valence-electron chi connectivity index (χ0n) is 8.74. The van der Waals surface area contributed by atoms with Crippen LogP contribution >= 0.6 is 0 Å². The Morgan fingerprint density at radius 3 is 3.07 bits per heavy atom. The third-order valence-corrected chi connectivity index (χ3v) is 2.64. The van der Waals surface area contributed by atoms with Crippen molar-refractivity contribution in [2.45, 2.75) is 13.0 Å². The molecule has 2 rings (SSSR count). The van der Waals surface area contributed by atoms with Crippen LogP contribution in [0.1, 0.15) is 6.92 Å². The van der Waals surface area contributed by atoms with E-state index < -0.39 is 0 Å². The number of likely N-dealkylation sites (N-methyl/N-ethyl adjacent to an activating group) is 1. The number of fused-ring (bicyclic) bond motifs is 1. The van der Waals surface area contributed by atoms with Gasteiger partial charge in [0.05, 0.1) is 12.8 Å². The number of nitrogens with zero attached hydrogens (tertiary/aromatic N) is 2. The standard InChI is InChI=1S/C10H15N3O/c1-7-6-11-8-4-5-9(14-3)12-10(8)13(7)2/h4-5,7,11H,6H2,1-3H3. The van der Waals surface area contributed by atoms with Gasteiger partial charge in [0.2, 0.25) is 5.88 Å². The van der Waals surface area contributed by atoms with Crippen LogP contribution in [0.3, 0.4) is 0 Å². The predicted molar refractivity (Wildman–Crippen MR) is 57.1 cm³/mol. The first-order chi connectivity index (χ1) is 6.72. The smallest absolute Gasteiger partial charge is 0.215 e. The van der Waals surface area contributed by atoms with Crippen molar-refractivity contribution in [3.63, 3.8) is 0 Å². The fourth-order valence-corrected chi connectivity index (χ4v) is 1.55. The second-order valence-corrected chi connectivity index (χ2v) is 3.57. The normalized spacial score (nSPS) is 19.9. The summed E-state index contributed by atoms with van der Waals surface area (Å²) in [7, 11) is 3.69. The van der Waals surface area contributed by atoms with Crippen LogP contribution in [-0.4, -0.2) is 31.7 Å². The van der Waals surface area contributed by atoms with Crippen LogP contribution in [0.2, 0.25) is 0 Å². The first-order valence-electron chi connectivity index (χ1n) is 4.74. The van der Waals surface area contributed by atoms with Crippen molar-refractivity contribution in [2.24, 2.45) is 0 Å². The van der Waals surface area contributed by atoms with Gasteiger partial charge in [-0.05, 0) is 13.0 Å². The van der Waals surface area contributed by atoms with Gasteiger partial charge >= 0.3 is 0 Å². The average Bonchev–Trinajstić information content (AvgIpc) is 2.23. The molecule has 0 fully saturated rings. The molecule has 0 saturated heterocycles. The van der Waals surface area contributed by atoms with Crippen molar-refractivity contribution >= 4 is 11.5 Å². The zero-order chi connectivity index (χ0) is 10.1. The summed E-state index contributed by atoms with van der Waals surface area (Å²) in [5.74, 6) is 1.62. The van der Waals surface area contributed by atoms with E-state index in [2.05, 4.69) is 29.2 Å². The van der Waals surface area contributed by atoms with E-state index >= 15 is 0 Å². The van der Waals surface area contributed by atoms with E-state index in [0.717, 1.165) is 18.1 Å². The van der Waals surface area contributed by atoms with Gasteiger partial charge in [-0.2, -0.15) is 4.98 Å². The van der Waals surface area contributed by atoms with Gasteiger partial charge in [-0.1, -0.05) is 0 Å². The zero-order valence-corrected chi connectivity index (χ0v) is 8.74. The number of hydrogen-bond acceptors (Lipinski definition) is 4. The molecule has 4 heteroatoms. The van der Waals surface area contributed by atoms with Gasteiger partial charge in [0.1, 0.15) is 0 Å². The van der Waals surface area contributed by atoms with Crippen LogP contribution in [-0.2, 0) is 0 Å². The minimum absolute atomic E-state index is 0.460. The highest BCUT2D eigenvalue weighted by Gasteiger charge is 2.20. The molecule has 1 aliphatic heterocycles. The SMILES string of the molecule is COc1ccc2c(n1)N(C)C(C)CN2. The summed E-state index contributed by atoms with van der Waals surface area (Å²) in [4.78, 5) is 6.57. The Labute approximate surface area is 83.9 Å². The molecular formula is C10H15N3O. The number of aromatic nitrogens is 1. The Kier molecular flexibility index (Phi) is 2.19. The molecule has 0 bridgehead atoms. The van der Waals surface area contributed by atoms with Gasteiger partial charge in [0.15, 0.2) is 5.82 Å². The number of ether oxygens (including phenoxy) is 1. The van der Waals surface area contributed by atoms with Crippen LogP contribution in [0.25, 0.3) is 0 Å². The number of anilines is 2. The average molecular weight is 193 g/mol. The lowest BCUT2D eigenvalue weighted by molar-refractivity contribution is 0.397. The highest BCUT2D eigenvalue weighted by Crippen LogP contribution is 2.29. The highest BCUT2D eigenvalue weighted by atomic mass is 16.5. The lowest BCUT2D eigenvalue weighted by Crippen LogP contribution is -2.39. The predicted octanol–water partition coefficient (Wildman–Crippen LogP) is 1.34. The molecule has 0 amide bonds. The Morgan fingerprint density at radius 1 is 1.57 bits per heavy atom. The molecule has 1 aromatic rings. The third-order valence-electron chi connectivity index (χ3n) is 2.64. The van der Waals surface area contributed by atoms with Crippen molar-refractivity contribution < 1.29 is 4.74 Å². The summed E-state index contributed by atoms with van der Waals surface area (Å²) in [6, 6.07) is 4.33. The molecule has 0 aromatic carbocycles. The molecule has 4 nitrogen and oxygen atoms in total. The van der Waals surface area contributed by atoms with Gasteiger partial charge in [0, 0.05) is 25.7 Å². The first kappa shape index (κ1) is 9.12. The molecule has 1 aliphatic rings. The minimum Gasteiger partial charge on any atom is -0.481 e. The molecule has 0 radical (unpaired) electrons. The lowest BCUT2D eigenvalue weighted by Gasteiger charge is -2.33. The Hall–Kier alpha value is -1.45. The lowest BCUT2D eigenvalue weighted by atomic mass is 10.2. The van der Waals surface area contributed by atoms with E-state index in [0.29, 0.717) is 11.9 Å². The summed E-state index contributed by atoms with van der Waals surface area (Å²) in [6.07, 6.45) is 0. The molecule has 0 aliphatic carbocycles. The molecule has 1 unspecified atom stereocenters. The van der Waals surface area contributed by atoms with Crippen molar-refractivity contribution in [1.82, 2.24) is 4.98 Å². The number of methoxy groups -OCH3 is 1. The van der Waals surface area contributed by atoms with E-state index in [-0.39, 0.29) is 0 Å². The molecule has 0 spiro atoms. The maximum absolute atomic E-state index is 5.10. The van der Waals surface area contributed by atoms with E-state index in [1.807, 2.05) is 12.1 Å². The molecule has 2 heterocycles. The first-order valence-corrected chi connectivity index (χ1v) is 4.74. The number of rotatable bonds is 1. The van der Waals surface area contributed by atoms with Gasteiger partial charge in [-0.25, -0.2) is 0 Å². The maximum Gasteiger partial charge on any atom is 0.215 e. The van der Waals surface area contributed by atoms with Crippen molar-refractivity contribution in [3.05, 3.63) is 12.1 Å². The molecule has 1 atom stereocenters.